The van der Waals surface area contributed by atoms with Gasteiger partial charge in [0.25, 0.3) is 11.5 Å². The van der Waals surface area contributed by atoms with Crippen LogP contribution in [0, 0.1) is 5.92 Å². The van der Waals surface area contributed by atoms with Crippen LogP contribution in [0.3, 0.4) is 0 Å². The Morgan fingerprint density at radius 2 is 2.10 bits per heavy atom. The van der Waals surface area contributed by atoms with E-state index in [2.05, 4.69) is 24.1 Å². The van der Waals surface area contributed by atoms with Crippen molar-refractivity contribution in [2.75, 3.05) is 27.2 Å². The fraction of sp³-hybridized carbons (Fsp3) is 0.625. The minimum atomic E-state index is -0.275. The van der Waals surface area contributed by atoms with Crippen molar-refractivity contribution in [1.29, 1.82) is 0 Å². The molecule has 0 unspecified atom stereocenters. The lowest BCUT2D eigenvalue weighted by Gasteiger charge is -2.11. The number of amides is 1. The molecule has 1 heterocycles. The molecule has 1 aromatic rings. The SMILES string of the molecule is CC(C)CCNC(=O)c1cccn(CCCN(C)C)c1=O. The number of aryl methyl sites for hydroxylation is 1. The molecule has 0 aromatic carbocycles. The van der Waals surface area contributed by atoms with Gasteiger partial charge in [0.1, 0.15) is 5.56 Å². The van der Waals surface area contributed by atoms with Gasteiger partial charge in [0.05, 0.1) is 0 Å². The standard InChI is InChI=1S/C16H27N3O2/c1-13(2)8-9-17-15(20)14-7-5-11-19(16(14)21)12-6-10-18(3)4/h5,7,11,13H,6,8-10,12H2,1-4H3,(H,17,20). The maximum atomic E-state index is 12.3. The van der Waals surface area contributed by atoms with Crippen LogP contribution in [0.4, 0.5) is 0 Å². The highest BCUT2D eigenvalue weighted by Crippen LogP contribution is 1.98. The second-order valence-electron chi connectivity index (χ2n) is 6.02. The predicted molar refractivity (Wildman–Crippen MR) is 85.7 cm³/mol. The fourth-order valence-corrected chi connectivity index (χ4v) is 2.01. The summed E-state index contributed by atoms with van der Waals surface area (Å²) in [6, 6.07) is 3.35. The largest absolute Gasteiger partial charge is 0.352 e. The monoisotopic (exact) mass is 293 g/mol. The van der Waals surface area contributed by atoms with Gasteiger partial charge in [0.2, 0.25) is 0 Å². The zero-order chi connectivity index (χ0) is 15.8. The quantitative estimate of drug-likeness (QED) is 0.791. The zero-order valence-corrected chi connectivity index (χ0v) is 13.6. The summed E-state index contributed by atoms with van der Waals surface area (Å²) in [4.78, 5) is 26.4. The van der Waals surface area contributed by atoms with E-state index in [1.54, 1.807) is 22.9 Å². The maximum Gasteiger partial charge on any atom is 0.263 e. The van der Waals surface area contributed by atoms with Crippen LogP contribution in [0.5, 0.6) is 0 Å². The van der Waals surface area contributed by atoms with E-state index in [0.29, 0.717) is 19.0 Å². The van der Waals surface area contributed by atoms with Gasteiger partial charge in [0.15, 0.2) is 0 Å². The van der Waals surface area contributed by atoms with Crippen LogP contribution in [-0.2, 0) is 6.54 Å². The van der Waals surface area contributed by atoms with Gasteiger partial charge < -0.3 is 14.8 Å². The van der Waals surface area contributed by atoms with Gasteiger partial charge in [-0.15, -0.1) is 0 Å². The third-order valence-corrected chi connectivity index (χ3v) is 3.28. The summed E-state index contributed by atoms with van der Waals surface area (Å²) in [6.45, 7) is 6.35. The average molecular weight is 293 g/mol. The molecule has 0 radical (unpaired) electrons. The third kappa shape index (κ3) is 6.12. The number of nitrogens with zero attached hydrogens (tertiary/aromatic N) is 2. The highest BCUT2D eigenvalue weighted by atomic mass is 16.2. The molecule has 1 rings (SSSR count). The number of carbonyl (C=O) groups is 1. The van der Waals surface area contributed by atoms with Gasteiger partial charge in [-0.25, -0.2) is 0 Å². The molecule has 0 aliphatic rings. The van der Waals surface area contributed by atoms with Crippen LogP contribution in [0.15, 0.2) is 23.1 Å². The third-order valence-electron chi connectivity index (χ3n) is 3.28. The van der Waals surface area contributed by atoms with E-state index >= 15 is 0 Å². The Labute approximate surface area is 127 Å². The number of hydrogen-bond acceptors (Lipinski definition) is 3. The van der Waals surface area contributed by atoms with Gasteiger partial charge >= 0.3 is 0 Å². The molecule has 0 saturated carbocycles. The molecule has 5 heteroatoms. The van der Waals surface area contributed by atoms with Crippen molar-refractivity contribution in [2.24, 2.45) is 5.92 Å². The van der Waals surface area contributed by atoms with Crippen LogP contribution in [-0.4, -0.2) is 42.6 Å². The molecular weight excluding hydrogens is 266 g/mol. The molecule has 5 nitrogen and oxygen atoms in total. The molecule has 118 valence electrons. The Morgan fingerprint density at radius 3 is 2.71 bits per heavy atom. The summed E-state index contributed by atoms with van der Waals surface area (Å²) < 4.78 is 1.61. The van der Waals surface area contributed by atoms with Crippen molar-refractivity contribution < 1.29 is 4.79 Å². The first-order valence-electron chi connectivity index (χ1n) is 7.54. The zero-order valence-electron chi connectivity index (χ0n) is 13.6. The molecule has 1 amide bonds. The van der Waals surface area contributed by atoms with E-state index in [-0.39, 0.29) is 17.0 Å². The summed E-state index contributed by atoms with van der Waals surface area (Å²) in [7, 11) is 4.00. The van der Waals surface area contributed by atoms with E-state index in [1.807, 2.05) is 14.1 Å². The Balaban J connectivity index is 2.66. The second kappa shape index (κ2) is 8.62. The minimum Gasteiger partial charge on any atom is -0.352 e. The van der Waals surface area contributed by atoms with Crippen LogP contribution < -0.4 is 10.9 Å². The topological polar surface area (TPSA) is 54.3 Å². The average Bonchev–Trinajstić information content (AvgIpc) is 2.39. The number of pyridine rings is 1. The summed E-state index contributed by atoms with van der Waals surface area (Å²) in [5.41, 5.74) is 0.0180. The predicted octanol–water partition coefficient (Wildman–Crippen LogP) is 1.58. The molecule has 0 spiro atoms. The number of hydrogen-bond donors (Lipinski definition) is 1. The van der Waals surface area contributed by atoms with Crippen LogP contribution in [0.2, 0.25) is 0 Å². The lowest BCUT2D eigenvalue weighted by molar-refractivity contribution is 0.0950. The molecule has 1 aromatic heterocycles. The van der Waals surface area contributed by atoms with Crippen LogP contribution >= 0.6 is 0 Å². The van der Waals surface area contributed by atoms with Crippen LogP contribution in [0.25, 0.3) is 0 Å². The van der Waals surface area contributed by atoms with E-state index in [4.69, 9.17) is 0 Å². The van der Waals surface area contributed by atoms with Crippen molar-refractivity contribution in [3.05, 3.63) is 34.2 Å². The van der Waals surface area contributed by atoms with Crippen molar-refractivity contribution >= 4 is 5.91 Å². The molecule has 21 heavy (non-hydrogen) atoms. The first kappa shape index (κ1) is 17.4. The summed E-state index contributed by atoms with van der Waals surface area (Å²) in [6.07, 6.45) is 3.53. The van der Waals surface area contributed by atoms with Crippen molar-refractivity contribution in [3.63, 3.8) is 0 Å². The van der Waals surface area contributed by atoms with Gasteiger partial charge in [-0.2, -0.15) is 0 Å². The van der Waals surface area contributed by atoms with Gasteiger partial charge in [-0.05, 0) is 51.5 Å². The summed E-state index contributed by atoms with van der Waals surface area (Å²) in [5, 5.41) is 2.81. The smallest absolute Gasteiger partial charge is 0.263 e. The minimum absolute atomic E-state index is 0.210. The molecule has 0 fully saturated rings. The maximum absolute atomic E-state index is 12.3. The van der Waals surface area contributed by atoms with Gasteiger partial charge in [-0.3, -0.25) is 9.59 Å². The number of aromatic nitrogens is 1. The first-order chi connectivity index (χ1) is 9.91. The van der Waals surface area contributed by atoms with E-state index in [0.717, 1.165) is 19.4 Å². The molecule has 0 atom stereocenters. The van der Waals surface area contributed by atoms with Gasteiger partial charge in [0, 0.05) is 19.3 Å². The molecular formula is C16H27N3O2. The van der Waals surface area contributed by atoms with Crippen molar-refractivity contribution in [2.45, 2.75) is 33.2 Å². The Morgan fingerprint density at radius 1 is 1.38 bits per heavy atom. The first-order valence-corrected chi connectivity index (χ1v) is 7.54. The highest BCUT2D eigenvalue weighted by Gasteiger charge is 2.11. The lowest BCUT2D eigenvalue weighted by Crippen LogP contribution is -2.33. The molecule has 0 aliphatic heterocycles. The van der Waals surface area contributed by atoms with Crippen LogP contribution in [0.1, 0.15) is 37.0 Å². The van der Waals surface area contributed by atoms with Crippen molar-refractivity contribution in [1.82, 2.24) is 14.8 Å². The van der Waals surface area contributed by atoms with E-state index < -0.39 is 0 Å². The van der Waals surface area contributed by atoms with E-state index in [1.165, 1.54) is 0 Å². The number of nitrogens with one attached hydrogen (secondary N) is 1. The molecule has 1 N–H and O–H groups in total. The molecule has 0 aliphatic carbocycles. The summed E-state index contributed by atoms with van der Waals surface area (Å²) >= 11 is 0. The van der Waals surface area contributed by atoms with Crippen molar-refractivity contribution in [3.8, 4) is 0 Å². The normalized spacial score (nSPS) is 11.1. The second-order valence-corrected chi connectivity index (χ2v) is 6.02. The lowest BCUT2D eigenvalue weighted by atomic mass is 10.1. The molecule has 0 bridgehead atoms. The van der Waals surface area contributed by atoms with Gasteiger partial charge in [-0.1, -0.05) is 13.8 Å². The molecule has 0 saturated heterocycles. The number of rotatable bonds is 8. The fourth-order valence-electron chi connectivity index (χ4n) is 2.01. The van der Waals surface area contributed by atoms with E-state index in [9.17, 15) is 9.59 Å². The Kier molecular flexibility index (Phi) is 7.15. The summed E-state index contributed by atoms with van der Waals surface area (Å²) in [5.74, 6) is 0.256. The Hall–Kier alpha value is -1.62. The highest BCUT2D eigenvalue weighted by molar-refractivity contribution is 5.93. The Bertz CT molecular complexity index is 506. The number of carbonyl (C=O) groups excluding carboxylic acids is 1.